The van der Waals surface area contributed by atoms with Gasteiger partial charge in [-0.2, -0.15) is 0 Å². The lowest BCUT2D eigenvalue weighted by Crippen LogP contribution is -2.19. The van der Waals surface area contributed by atoms with E-state index in [1.54, 1.807) is 0 Å². The molecule has 0 fully saturated rings. The molecule has 1 unspecified atom stereocenters. The zero-order valence-electron chi connectivity index (χ0n) is 9.72. The van der Waals surface area contributed by atoms with Crippen LogP contribution < -0.4 is 5.73 Å². The van der Waals surface area contributed by atoms with E-state index >= 15 is 0 Å². The van der Waals surface area contributed by atoms with E-state index in [0.717, 1.165) is 12.5 Å². The van der Waals surface area contributed by atoms with E-state index < -0.39 is 16.8 Å². The molecule has 17 heavy (non-hydrogen) atoms. The van der Waals surface area contributed by atoms with Crippen LogP contribution in [0.1, 0.15) is 31.9 Å². The number of hydrogen-bond donors (Lipinski definition) is 1. The van der Waals surface area contributed by atoms with Crippen LogP contribution in [0.25, 0.3) is 0 Å². The normalized spacial score (nSPS) is 13.6. The van der Waals surface area contributed by atoms with Crippen molar-refractivity contribution in [3.8, 4) is 0 Å². The van der Waals surface area contributed by atoms with Crippen molar-refractivity contribution < 1.29 is 9.31 Å². The summed E-state index contributed by atoms with van der Waals surface area (Å²) in [4.78, 5) is 10.2. The average Bonchev–Trinajstić information content (AvgIpc) is 2.26. The minimum atomic E-state index is -0.619. The van der Waals surface area contributed by atoms with Gasteiger partial charge >= 0.3 is 0 Å². The Balaban J connectivity index is 0.00000256. The van der Waals surface area contributed by atoms with Gasteiger partial charge in [0, 0.05) is 11.6 Å². The predicted molar refractivity (Wildman–Crippen MR) is 66.7 cm³/mol. The van der Waals surface area contributed by atoms with Crippen LogP contribution in [0.5, 0.6) is 0 Å². The Hall–Kier alpha value is -1.20. The van der Waals surface area contributed by atoms with Crippen molar-refractivity contribution in [2.45, 2.75) is 26.3 Å². The number of nitrogens with zero attached hydrogens (tertiary/aromatic N) is 1. The summed E-state index contributed by atoms with van der Waals surface area (Å²) in [6.07, 6.45) is 0.815. The summed E-state index contributed by atoms with van der Waals surface area (Å²) in [7, 11) is 0. The van der Waals surface area contributed by atoms with Gasteiger partial charge in [-0.15, -0.1) is 12.4 Å². The molecule has 6 heteroatoms. The molecule has 96 valence electrons. The van der Waals surface area contributed by atoms with Crippen molar-refractivity contribution in [2.75, 3.05) is 0 Å². The molecule has 1 aromatic carbocycles. The van der Waals surface area contributed by atoms with E-state index in [-0.39, 0.29) is 24.0 Å². The molecular weight excluding hydrogens is 247 g/mol. The third-order valence-corrected chi connectivity index (χ3v) is 2.81. The Morgan fingerprint density at radius 1 is 1.53 bits per heavy atom. The molecule has 2 N–H and O–H groups in total. The number of rotatable bonds is 4. The quantitative estimate of drug-likeness (QED) is 0.669. The highest BCUT2D eigenvalue weighted by atomic mass is 35.5. The maximum atomic E-state index is 12.9. The van der Waals surface area contributed by atoms with Gasteiger partial charge in [-0.3, -0.25) is 10.1 Å². The molecule has 4 nitrogen and oxygen atoms in total. The number of nitro benzene ring substituents is 1. The maximum absolute atomic E-state index is 12.9. The smallest absolute Gasteiger partial charge is 0.277 e. The first-order chi connectivity index (χ1) is 7.47. The lowest BCUT2D eigenvalue weighted by molar-refractivity contribution is -0.386. The molecule has 0 amide bonds. The Morgan fingerprint density at radius 3 is 2.59 bits per heavy atom. The summed E-state index contributed by atoms with van der Waals surface area (Å²) >= 11 is 0. The number of nitro groups is 1. The van der Waals surface area contributed by atoms with Crippen molar-refractivity contribution in [1.82, 2.24) is 0 Å². The molecule has 0 saturated heterocycles. The summed E-state index contributed by atoms with van der Waals surface area (Å²) in [6.45, 7) is 3.87. The van der Waals surface area contributed by atoms with Crippen molar-refractivity contribution in [3.05, 3.63) is 39.7 Å². The summed E-state index contributed by atoms with van der Waals surface area (Å²) in [5, 5.41) is 10.8. The molecule has 0 radical (unpaired) electrons. The molecule has 1 aromatic rings. The minimum absolute atomic E-state index is 0. The molecule has 0 heterocycles. The molecule has 0 spiro atoms. The van der Waals surface area contributed by atoms with E-state index in [9.17, 15) is 14.5 Å². The van der Waals surface area contributed by atoms with Crippen LogP contribution in [0.4, 0.5) is 10.1 Å². The third kappa shape index (κ3) is 3.64. The van der Waals surface area contributed by atoms with E-state index in [1.165, 1.54) is 12.1 Å². The molecular formula is C11H16ClFN2O2. The van der Waals surface area contributed by atoms with Gasteiger partial charge in [0.05, 0.1) is 11.0 Å². The van der Waals surface area contributed by atoms with Gasteiger partial charge in [0.15, 0.2) is 0 Å². The highest BCUT2D eigenvalue weighted by Crippen LogP contribution is 2.30. The van der Waals surface area contributed by atoms with Crippen LogP contribution >= 0.6 is 12.4 Å². The van der Waals surface area contributed by atoms with Gasteiger partial charge in [0.25, 0.3) is 5.69 Å². The van der Waals surface area contributed by atoms with E-state index in [4.69, 9.17) is 5.73 Å². The number of nitrogens with two attached hydrogens (primary N) is 1. The third-order valence-electron chi connectivity index (χ3n) is 2.81. The lowest BCUT2D eigenvalue weighted by atomic mass is 9.92. The van der Waals surface area contributed by atoms with Crippen molar-refractivity contribution >= 4 is 18.1 Å². The first-order valence-electron chi connectivity index (χ1n) is 5.16. The topological polar surface area (TPSA) is 69.2 Å². The van der Waals surface area contributed by atoms with Crippen molar-refractivity contribution in [2.24, 2.45) is 11.7 Å². The summed E-state index contributed by atoms with van der Waals surface area (Å²) < 4.78 is 12.9. The van der Waals surface area contributed by atoms with E-state index in [0.29, 0.717) is 5.56 Å². The largest absolute Gasteiger partial charge is 0.324 e. The first-order valence-corrected chi connectivity index (χ1v) is 5.16. The van der Waals surface area contributed by atoms with E-state index in [1.807, 2.05) is 13.8 Å². The molecule has 0 aliphatic carbocycles. The summed E-state index contributed by atoms with van der Waals surface area (Å²) in [6, 6.07) is 3.07. The maximum Gasteiger partial charge on any atom is 0.277 e. The summed E-state index contributed by atoms with van der Waals surface area (Å²) in [5.74, 6) is -0.504. The molecule has 2 atom stereocenters. The van der Waals surface area contributed by atoms with Crippen LogP contribution in [-0.4, -0.2) is 4.92 Å². The standard InChI is InChI=1S/C11H15FN2O2.ClH/c1-3-7(2)11(13)9-5-4-8(12)6-10(9)14(15)16;/h4-7,11H,3,13H2,1-2H3;1H/t7?,11-;/m1./s1. The van der Waals surface area contributed by atoms with Crippen LogP contribution in [-0.2, 0) is 0 Å². The van der Waals surface area contributed by atoms with Crippen molar-refractivity contribution in [1.29, 1.82) is 0 Å². The van der Waals surface area contributed by atoms with Crippen LogP contribution in [0.15, 0.2) is 18.2 Å². The number of hydrogen-bond acceptors (Lipinski definition) is 3. The molecule has 0 bridgehead atoms. The molecule has 1 rings (SSSR count). The average molecular weight is 263 g/mol. The second-order valence-electron chi connectivity index (χ2n) is 3.87. The molecule has 0 aliphatic rings. The van der Waals surface area contributed by atoms with Crippen LogP contribution in [0.2, 0.25) is 0 Å². The Morgan fingerprint density at radius 2 is 2.12 bits per heavy atom. The van der Waals surface area contributed by atoms with E-state index in [2.05, 4.69) is 0 Å². The second kappa shape index (κ2) is 6.51. The van der Waals surface area contributed by atoms with Crippen molar-refractivity contribution in [3.63, 3.8) is 0 Å². The SMILES string of the molecule is CCC(C)[C@@H](N)c1ccc(F)cc1[N+](=O)[O-].Cl. The van der Waals surface area contributed by atoms with Crippen LogP contribution in [0, 0.1) is 21.8 Å². The Labute approximate surface area is 106 Å². The first kappa shape index (κ1) is 15.8. The van der Waals surface area contributed by atoms with Crippen LogP contribution in [0.3, 0.4) is 0 Å². The Kier molecular flexibility index (Phi) is 6.05. The zero-order valence-corrected chi connectivity index (χ0v) is 10.5. The molecule has 0 aromatic heterocycles. The van der Waals surface area contributed by atoms with Gasteiger partial charge < -0.3 is 5.73 Å². The minimum Gasteiger partial charge on any atom is -0.324 e. The fraction of sp³-hybridized carbons (Fsp3) is 0.455. The molecule has 0 saturated carbocycles. The van der Waals surface area contributed by atoms with Gasteiger partial charge in [0.1, 0.15) is 5.82 Å². The second-order valence-corrected chi connectivity index (χ2v) is 3.87. The van der Waals surface area contributed by atoms with Gasteiger partial charge in [-0.1, -0.05) is 20.3 Å². The Bertz CT molecular complexity index is 401. The highest BCUT2D eigenvalue weighted by Gasteiger charge is 2.23. The zero-order chi connectivity index (χ0) is 12.3. The number of halogens is 2. The highest BCUT2D eigenvalue weighted by molar-refractivity contribution is 5.85. The van der Waals surface area contributed by atoms with Gasteiger partial charge in [0.2, 0.25) is 0 Å². The summed E-state index contributed by atoms with van der Waals surface area (Å²) in [5.41, 5.74) is 6.06. The fourth-order valence-corrected chi connectivity index (χ4v) is 1.52. The lowest BCUT2D eigenvalue weighted by Gasteiger charge is -2.18. The fourth-order valence-electron chi connectivity index (χ4n) is 1.52. The number of benzene rings is 1. The molecule has 0 aliphatic heterocycles. The monoisotopic (exact) mass is 262 g/mol. The van der Waals surface area contributed by atoms with Gasteiger partial charge in [-0.05, 0) is 18.1 Å². The van der Waals surface area contributed by atoms with Gasteiger partial charge in [-0.25, -0.2) is 4.39 Å². The predicted octanol–water partition coefficient (Wildman–Crippen LogP) is 3.20.